The summed E-state index contributed by atoms with van der Waals surface area (Å²) in [7, 11) is 3.99. The van der Waals surface area contributed by atoms with Crippen molar-refractivity contribution in [1.29, 1.82) is 0 Å². The standard InChI is InChI=1S/C13H20NO/c1-5-10(2)12-8-6-7-11(13(12)15)9-14(3)4/h7-8,10,15H,5,9H2,1-4H3. The zero-order chi connectivity index (χ0) is 11.4. The van der Waals surface area contributed by atoms with Crippen LogP contribution < -0.4 is 0 Å². The SMILES string of the molecule is CCC(C)c1c[c]cc(CN(C)C)c1O. The zero-order valence-electron chi connectivity index (χ0n) is 10.0. The van der Waals surface area contributed by atoms with Crippen LogP contribution >= 0.6 is 0 Å². The van der Waals surface area contributed by atoms with Crippen molar-refractivity contribution < 1.29 is 5.11 Å². The number of hydrogen-bond donors (Lipinski definition) is 1. The minimum Gasteiger partial charge on any atom is -0.507 e. The third kappa shape index (κ3) is 2.96. The molecular formula is C13H20NO. The summed E-state index contributed by atoms with van der Waals surface area (Å²) in [4.78, 5) is 2.04. The molecule has 0 aliphatic heterocycles. The van der Waals surface area contributed by atoms with Crippen LogP contribution in [0.5, 0.6) is 5.75 Å². The van der Waals surface area contributed by atoms with E-state index in [0.717, 1.165) is 24.1 Å². The van der Waals surface area contributed by atoms with Gasteiger partial charge in [-0.3, -0.25) is 0 Å². The Balaban J connectivity index is 3.00. The Bertz CT molecular complexity index is 320. The van der Waals surface area contributed by atoms with E-state index >= 15 is 0 Å². The lowest BCUT2D eigenvalue weighted by Gasteiger charge is -2.16. The summed E-state index contributed by atoms with van der Waals surface area (Å²) in [5, 5.41) is 10.1. The van der Waals surface area contributed by atoms with Gasteiger partial charge in [0, 0.05) is 12.1 Å². The number of benzene rings is 1. The molecule has 1 aromatic rings. The van der Waals surface area contributed by atoms with E-state index in [0.29, 0.717) is 11.7 Å². The van der Waals surface area contributed by atoms with Crippen molar-refractivity contribution in [2.24, 2.45) is 0 Å². The van der Waals surface area contributed by atoms with Gasteiger partial charge in [0.1, 0.15) is 5.75 Å². The van der Waals surface area contributed by atoms with Crippen LogP contribution in [0.3, 0.4) is 0 Å². The van der Waals surface area contributed by atoms with Crippen molar-refractivity contribution in [3.8, 4) is 5.75 Å². The highest BCUT2D eigenvalue weighted by Crippen LogP contribution is 2.30. The van der Waals surface area contributed by atoms with E-state index in [-0.39, 0.29) is 0 Å². The Kier molecular flexibility index (Phi) is 4.15. The first kappa shape index (κ1) is 12.1. The third-order valence-corrected chi connectivity index (χ3v) is 2.70. The lowest BCUT2D eigenvalue weighted by Crippen LogP contribution is -2.11. The number of phenolic OH excluding ortho intramolecular Hbond substituents is 1. The fourth-order valence-corrected chi connectivity index (χ4v) is 1.61. The smallest absolute Gasteiger partial charge is 0.123 e. The molecule has 0 aliphatic carbocycles. The summed E-state index contributed by atoms with van der Waals surface area (Å²) in [6, 6.07) is 6.86. The van der Waals surface area contributed by atoms with Gasteiger partial charge in [-0.15, -0.1) is 0 Å². The van der Waals surface area contributed by atoms with Crippen LogP contribution in [0.15, 0.2) is 12.1 Å². The molecule has 0 bridgehead atoms. The Morgan fingerprint density at radius 1 is 1.40 bits per heavy atom. The van der Waals surface area contributed by atoms with Gasteiger partial charge in [0.25, 0.3) is 0 Å². The zero-order valence-corrected chi connectivity index (χ0v) is 10.0. The second-order valence-electron chi connectivity index (χ2n) is 4.33. The second-order valence-corrected chi connectivity index (χ2v) is 4.33. The summed E-state index contributed by atoms with van der Waals surface area (Å²) in [6.07, 6.45) is 1.03. The molecule has 0 spiro atoms. The summed E-state index contributed by atoms with van der Waals surface area (Å²) in [5.41, 5.74) is 1.97. The van der Waals surface area contributed by atoms with Crippen molar-refractivity contribution >= 4 is 0 Å². The molecule has 1 N–H and O–H groups in total. The normalized spacial score (nSPS) is 13.1. The lowest BCUT2D eigenvalue weighted by molar-refractivity contribution is 0.383. The Morgan fingerprint density at radius 3 is 2.60 bits per heavy atom. The summed E-state index contributed by atoms with van der Waals surface area (Å²) in [6.45, 7) is 5.01. The third-order valence-electron chi connectivity index (χ3n) is 2.70. The van der Waals surface area contributed by atoms with Gasteiger partial charge in [-0.25, -0.2) is 0 Å². The highest BCUT2D eigenvalue weighted by molar-refractivity contribution is 5.41. The Hall–Kier alpha value is -1.02. The minimum atomic E-state index is 0.392. The van der Waals surface area contributed by atoms with E-state index in [2.05, 4.69) is 19.9 Å². The highest BCUT2D eigenvalue weighted by Gasteiger charge is 2.12. The molecule has 1 radical (unpaired) electrons. The molecule has 15 heavy (non-hydrogen) atoms. The molecule has 0 saturated heterocycles. The van der Waals surface area contributed by atoms with Crippen molar-refractivity contribution in [2.75, 3.05) is 14.1 Å². The van der Waals surface area contributed by atoms with E-state index in [1.54, 1.807) is 0 Å². The van der Waals surface area contributed by atoms with Gasteiger partial charge in [-0.05, 0) is 50.2 Å². The van der Waals surface area contributed by atoms with Crippen molar-refractivity contribution in [3.63, 3.8) is 0 Å². The molecule has 0 fully saturated rings. The molecule has 83 valence electrons. The molecule has 0 aliphatic rings. The van der Waals surface area contributed by atoms with Crippen LogP contribution in [0.1, 0.15) is 37.3 Å². The topological polar surface area (TPSA) is 23.5 Å². The summed E-state index contributed by atoms with van der Waals surface area (Å²) in [5.74, 6) is 0.833. The van der Waals surface area contributed by atoms with Gasteiger partial charge in [0.15, 0.2) is 0 Å². The second kappa shape index (κ2) is 5.17. The monoisotopic (exact) mass is 206 g/mol. The van der Waals surface area contributed by atoms with E-state index < -0.39 is 0 Å². The number of aromatic hydroxyl groups is 1. The largest absolute Gasteiger partial charge is 0.507 e. The van der Waals surface area contributed by atoms with Crippen LogP contribution in [0.4, 0.5) is 0 Å². The van der Waals surface area contributed by atoms with E-state index in [4.69, 9.17) is 0 Å². The minimum absolute atomic E-state index is 0.392. The van der Waals surface area contributed by atoms with Gasteiger partial charge in [0.05, 0.1) is 0 Å². The fraction of sp³-hybridized carbons (Fsp3) is 0.538. The predicted octanol–water partition coefficient (Wildman–Crippen LogP) is 2.77. The molecule has 1 aromatic carbocycles. The van der Waals surface area contributed by atoms with Crippen LogP contribution in [0, 0.1) is 6.07 Å². The average Bonchev–Trinajstić information content (AvgIpc) is 2.19. The van der Waals surface area contributed by atoms with Gasteiger partial charge < -0.3 is 10.0 Å². The molecule has 0 saturated carbocycles. The van der Waals surface area contributed by atoms with E-state index in [1.807, 2.05) is 31.1 Å². The molecule has 1 unspecified atom stereocenters. The van der Waals surface area contributed by atoms with Gasteiger partial charge >= 0.3 is 0 Å². The first-order chi connectivity index (χ1) is 7.06. The number of rotatable bonds is 4. The van der Waals surface area contributed by atoms with Crippen LogP contribution in [-0.4, -0.2) is 24.1 Å². The van der Waals surface area contributed by atoms with Crippen LogP contribution in [0.25, 0.3) is 0 Å². The van der Waals surface area contributed by atoms with Crippen LogP contribution in [-0.2, 0) is 6.54 Å². The first-order valence-corrected chi connectivity index (χ1v) is 5.42. The molecule has 0 heterocycles. The Labute approximate surface area is 92.5 Å². The van der Waals surface area contributed by atoms with Crippen LogP contribution in [0.2, 0.25) is 0 Å². The highest BCUT2D eigenvalue weighted by atomic mass is 16.3. The summed E-state index contributed by atoms with van der Waals surface area (Å²) < 4.78 is 0. The quantitative estimate of drug-likeness (QED) is 0.818. The molecule has 2 nitrogen and oxygen atoms in total. The van der Waals surface area contributed by atoms with Gasteiger partial charge in [-0.2, -0.15) is 0 Å². The number of phenols is 1. The lowest BCUT2D eigenvalue weighted by atomic mass is 9.95. The number of nitrogens with zero attached hydrogens (tertiary/aromatic N) is 1. The van der Waals surface area contributed by atoms with E-state index in [1.165, 1.54) is 0 Å². The molecular weight excluding hydrogens is 186 g/mol. The predicted molar refractivity (Wildman–Crippen MR) is 63.0 cm³/mol. The molecule has 0 aromatic heterocycles. The molecule has 2 heteroatoms. The van der Waals surface area contributed by atoms with Crippen molar-refractivity contribution in [3.05, 3.63) is 29.3 Å². The molecule has 1 atom stereocenters. The van der Waals surface area contributed by atoms with Gasteiger partial charge in [-0.1, -0.05) is 13.8 Å². The Morgan fingerprint density at radius 2 is 2.07 bits per heavy atom. The van der Waals surface area contributed by atoms with Crippen molar-refractivity contribution in [1.82, 2.24) is 4.90 Å². The van der Waals surface area contributed by atoms with Gasteiger partial charge in [0.2, 0.25) is 0 Å². The molecule has 1 rings (SSSR count). The molecule has 0 amide bonds. The van der Waals surface area contributed by atoms with E-state index in [9.17, 15) is 5.11 Å². The average molecular weight is 206 g/mol. The maximum absolute atomic E-state index is 10.1. The fourth-order valence-electron chi connectivity index (χ4n) is 1.61. The number of hydrogen-bond acceptors (Lipinski definition) is 2. The van der Waals surface area contributed by atoms with Crippen molar-refractivity contribution in [2.45, 2.75) is 32.7 Å². The maximum atomic E-state index is 10.1. The maximum Gasteiger partial charge on any atom is 0.123 e. The first-order valence-electron chi connectivity index (χ1n) is 5.42. The summed E-state index contributed by atoms with van der Waals surface area (Å²) >= 11 is 0.